The van der Waals surface area contributed by atoms with Crippen molar-refractivity contribution in [1.82, 2.24) is 0 Å². The molecule has 0 saturated heterocycles. The van der Waals surface area contributed by atoms with Crippen LogP contribution in [0.1, 0.15) is 26.2 Å². The molecule has 0 aliphatic rings. The van der Waals surface area contributed by atoms with E-state index in [1.54, 1.807) is 6.07 Å². The molecule has 0 bridgehead atoms. The number of hydrogen-bond donors (Lipinski definition) is 3. The minimum atomic E-state index is -0.510. The number of benzene rings is 1. The summed E-state index contributed by atoms with van der Waals surface area (Å²) in [6.45, 7) is 2.06. The lowest BCUT2D eigenvalue weighted by Crippen LogP contribution is -2.35. The van der Waals surface area contributed by atoms with Crippen molar-refractivity contribution in [1.29, 1.82) is 0 Å². The third kappa shape index (κ3) is 5.63. The topological polar surface area (TPSA) is 98.2 Å². The van der Waals surface area contributed by atoms with Crippen molar-refractivity contribution >= 4 is 29.3 Å². The molecule has 0 aromatic heterocycles. The molecule has 20 heavy (non-hydrogen) atoms. The highest BCUT2D eigenvalue weighted by molar-refractivity contribution is 8.00. The summed E-state index contributed by atoms with van der Waals surface area (Å²) >= 11 is 1.30. The predicted octanol–water partition coefficient (Wildman–Crippen LogP) is 1.72. The van der Waals surface area contributed by atoms with E-state index in [4.69, 9.17) is 11.5 Å². The smallest absolute Gasteiger partial charge is 0.241 e. The fourth-order valence-corrected chi connectivity index (χ4v) is 2.37. The molecule has 0 fully saturated rings. The predicted molar refractivity (Wildman–Crippen MR) is 82.5 cm³/mol. The van der Waals surface area contributed by atoms with Crippen molar-refractivity contribution in [2.24, 2.45) is 11.5 Å². The molecule has 0 radical (unpaired) electrons. The molecule has 2 amide bonds. The van der Waals surface area contributed by atoms with Crippen molar-refractivity contribution in [2.75, 3.05) is 11.1 Å². The van der Waals surface area contributed by atoms with Crippen LogP contribution in [0.15, 0.2) is 29.2 Å². The standard InChI is InChI=1S/C14H21N3O2S/c1-2-3-6-10(15)14(19)17-11-7-4-5-8-12(11)20-9-13(16)18/h4-5,7-8,10H,2-3,6,9,15H2,1H3,(H2,16,18)(H,17,19)/t10-/m0/s1. The third-order valence-corrected chi connectivity index (χ3v) is 3.82. The first kappa shape index (κ1) is 16.5. The van der Waals surface area contributed by atoms with Crippen molar-refractivity contribution in [3.8, 4) is 0 Å². The van der Waals surface area contributed by atoms with Gasteiger partial charge >= 0.3 is 0 Å². The molecule has 5 nitrogen and oxygen atoms in total. The molecule has 110 valence electrons. The summed E-state index contributed by atoms with van der Waals surface area (Å²) < 4.78 is 0. The molecule has 0 unspecified atom stereocenters. The molecule has 1 atom stereocenters. The van der Waals surface area contributed by atoms with Gasteiger partial charge in [-0.3, -0.25) is 9.59 Å². The summed E-state index contributed by atoms with van der Waals surface area (Å²) in [5.74, 6) is -0.421. The lowest BCUT2D eigenvalue weighted by atomic mass is 10.1. The normalized spacial score (nSPS) is 11.9. The number of rotatable bonds is 8. The number of unbranched alkanes of at least 4 members (excludes halogenated alkanes) is 1. The molecule has 0 aliphatic heterocycles. The molecule has 0 spiro atoms. The van der Waals surface area contributed by atoms with Crippen molar-refractivity contribution in [2.45, 2.75) is 37.1 Å². The van der Waals surface area contributed by atoms with E-state index in [0.717, 1.165) is 17.7 Å². The van der Waals surface area contributed by atoms with Crippen molar-refractivity contribution in [3.05, 3.63) is 24.3 Å². The van der Waals surface area contributed by atoms with Gasteiger partial charge in [0, 0.05) is 4.90 Å². The van der Waals surface area contributed by atoms with Gasteiger partial charge in [-0.25, -0.2) is 0 Å². The molecular weight excluding hydrogens is 274 g/mol. The van der Waals surface area contributed by atoms with E-state index in [9.17, 15) is 9.59 Å². The highest BCUT2D eigenvalue weighted by Crippen LogP contribution is 2.26. The zero-order valence-corrected chi connectivity index (χ0v) is 12.4. The molecule has 0 aliphatic carbocycles. The van der Waals surface area contributed by atoms with E-state index in [-0.39, 0.29) is 11.7 Å². The number of nitrogens with one attached hydrogen (secondary N) is 1. The molecule has 1 rings (SSSR count). The zero-order chi connectivity index (χ0) is 15.0. The SMILES string of the molecule is CCCC[C@H](N)C(=O)Nc1ccccc1SCC(N)=O. The van der Waals surface area contributed by atoms with Gasteiger partial charge in [-0.15, -0.1) is 11.8 Å². The summed E-state index contributed by atoms with van der Waals surface area (Å²) in [5.41, 5.74) is 11.6. The highest BCUT2D eigenvalue weighted by Gasteiger charge is 2.14. The van der Waals surface area contributed by atoms with Crippen LogP contribution >= 0.6 is 11.8 Å². The summed E-state index contributed by atoms with van der Waals surface area (Å²) in [6.07, 6.45) is 2.59. The summed E-state index contributed by atoms with van der Waals surface area (Å²) in [7, 11) is 0. The van der Waals surface area contributed by atoms with Crippen LogP contribution in [0, 0.1) is 0 Å². The first-order valence-electron chi connectivity index (χ1n) is 6.61. The average molecular weight is 295 g/mol. The molecule has 1 aromatic rings. The Labute approximate surface area is 123 Å². The maximum atomic E-state index is 12.0. The largest absolute Gasteiger partial charge is 0.369 e. The van der Waals surface area contributed by atoms with Crippen molar-refractivity contribution < 1.29 is 9.59 Å². The molecule has 0 saturated carbocycles. The summed E-state index contributed by atoms with van der Waals surface area (Å²) in [6, 6.07) is 6.77. The van der Waals surface area contributed by atoms with Gasteiger partial charge in [-0.1, -0.05) is 31.9 Å². The number of thioether (sulfide) groups is 1. The van der Waals surface area contributed by atoms with Crippen LogP contribution in [-0.2, 0) is 9.59 Å². The maximum absolute atomic E-state index is 12.0. The maximum Gasteiger partial charge on any atom is 0.241 e. The van der Waals surface area contributed by atoms with E-state index in [2.05, 4.69) is 12.2 Å². The van der Waals surface area contributed by atoms with Gasteiger partial charge < -0.3 is 16.8 Å². The lowest BCUT2D eigenvalue weighted by Gasteiger charge is -2.14. The Hall–Kier alpha value is -1.53. The Morgan fingerprint density at radius 1 is 1.35 bits per heavy atom. The van der Waals surface area contributed by atoms with Crippen LogP contribution in [-0.4, -0.2) is 23.6 Å². The summed E-state index contributed by atoms with van der Waals surface area (Å²) in [4.78, 5) is 23.6. The van der Waals surface area contributed by atoms with Crippen LogP contribution in [0.2, 0.25) is 0 Å². The minimum Gasteiger partial charge on any atom is -0.369 e. The number of nitrogens with two attached hydrogens (primary N) is 2. The van der Waals surface area contributed by atoms with Crippen LogP contribution in [0.3, 0.4) is 0 Å². The van der Waals surface area contributed by atoms with E-state index >= 15 is 0 Å². The molecule has 5 N–H and O–H groups in total. The Morgan fingerprint density at radius 2 is 2.05 bits per heavy atom. The Balaban J connectivity index is 2.66. The molecule has 1 aromatic carbocycles. The minimum absolute atomic E-state index is 0.175. The second-order valence-corrected chi connectivity index (χ2v) is 5.51. The zero-order valence-electron chi connectivity index (χ0n) is 11.6. The number of amides is 2. The number of carbonyl (C=O) groups excluding carboxylic acids is 2. The van der Waals surface area contributed by atoms with Crippen LogP contribution in [0.4, 0.5) is 5.69 Å². The monoisotopic (exact) mass is 295 g/mol. The Kier molecular flexibility index (Phi) is 7.11. The van der Waals surface area contributed by atoms with Gasteiger partial charge in [0.1, 0.15) is 0 Å². The Bertz CT molecular complexity index is 465. The van der Waals surface area contributed by atoms with E-state index in [1.807, 2.05) is 18.2 Å². The molecule has 0 heterocycles. The Morgan fingerprint density at radius 3 is 2.70 bits per heavy atom. The van der Waals surface area contributed by atoms with E-state index in [1.165, 1.54) is 11.8 Å². The van der Waals surface area contributed by atoms with Gasteiger partial charge in [0.25, 0.3) is 0 Å². The second-order valence-electron chi connectivity index (χ2n) is 4.49. The number of anilines is 1. The summed E-state index contributed by atoms with van der Waals surface area (Å²) in [5, 5.41) is 2.81. The lowest BCUT2D eigenvalue weighted by molar-refractivity contribution is -0.117. The highest BCUT2D eigenvalue weighted by atomic mass is 32.2. The second kappa shape index (κ2) is 8.60. The molecular formula is C14H21N3O2S. The molecule has 6 heteroatoms. The first-order valence-corrected chi connectivity index (χ1v) is 7.59. The van der Waals surface area contributed by atoms with Gasteiger partial charge in [0.2, 0.25) is 11.8 Å². The number of carbonyl (C=O) groups is 2. The number of primary amides is 1. The average Bonchev–Trinajstić information content (AvgIpc) is 2.43. The van der Waals surface area contributed by atoms with Crippen LogP contribution in [0.5, 0.6) is 0 Å². The third-order valence-electron chi connectivity index (χ3n) is 2.72. The number of para-hydroxylation sites is 1. The first-order chi connectivity index (χ1) is 9.54. The van der Waals surface area contributed by atoms with Crippen LogP contribution in [0.25, 0.3) is 0 Å². The van der Waals surface area contributed by atoms with Gasteiger partial charge in [0.05, 0.1) is 17.5 Å². The van der Waals surface area contributed by atoms with Crippen molar-refractivity contribution in [3.63, 3.8) is 0 Å². The van der Waals surface area contributed by atoms with Gasteiger partial charge in [-0.05, 0) is 18.6 Å². The van der Waals surface area contributed by atoms with Gasteiger partial charge in [-0.2, -0.15) is 0 Å². The van der Waals surface area contributed by atoms with E-state index in [0.29, 0.717) is 12.1 Å². The number of hydrogen-bond acceptors (Lipinski definition) is 4. The van der Waals surface area contributed by atoms with E-state index < -0.39 is 11.9 Å². The van der Waals surface area contributed by atoms with Gasteiger partial charge in [0.15, 0.2) is 0 Å². The fourth-order valence-electron chi connectivity index (χ4n) is 1.63. The fraction of sp³-hybridized carbons (Fsp3) is 0.429. The van der Waals surface area contributed by atoms with Crippen LogP contribution < -0.4 is 16.8 Å². The quantitative estimate of drug-likeness (QED) is 0.636.